The summed E-state index contributed by atoms with van der Waals surface area (Å²) in [5, 5.41) is 2.79. The highest BCUT2D eigenvalue weighted by Crippen LogP contribution is 1.95. The number of amides is 1. The first-order valence-electron chi connectivity index (χ1n) is 5.39. The number of aromatic nitrogens is 2. The Bertz CT molecular complexity index is 357. The number of imidazole rings is 1. The van der Waals surface area contributed by atoms with E-state index in [-0.39, 0.29) is 5.91 Å². The zero-order chi connectivity index (χ0) is 11.8. The van der Waals surface area contributed by atoms with Crippen LogP contribution in [0.2, 0.25) is 0 Å². The van der Waals surface area contributed by atoms with E-state index in [0.29, 0.717) is 25.3 Å². The van der Waals surface area contributed by atoms with E-state index in [2.05, 4.69) is 10.3 Å². The van der Waals surface area contributed by atoms with Crippen LogP contribution in [0.1, 0.15) is 23.8 Å². The summed E-state index contributed by atoms with van der Waals surface area (Å²) in [4.78, 5) is 15.6. The molecule has 0 atom stereocenters. The third-order valence-electron chi connectivity index (χ3n) is 2.09. The second kappa shape index (κ2) is 6.79. The first-order chi connectivity index (χ1) is 7.77. The molecule has 0 unspecified atom stereocenters. The number of rotatable bonds is 6. The van der Waals surface area contributed by atoms with Crippen LogP contribution in [0, 0.1) is 0 Å². The molecule has 0 aliphatic heterocycles. The topological polar surface area (TPSA) is 72.9 Å². The first-order valence-corrected chi connectivity index (χ1v) is 5.39. The molecule has 88 valence electrons. The molecule has 5 nitrogen and oxygen atoms in total. The van der Waals surface area contributed by atoms with Crippen LogP contribution in [0.3, 0.4) is 0 Å². The number of nitrogens with one attached hydrogen (secondary N) is 1. The summed E-state index contributed by atoms with van der Waals surface area (Å²) in [6.07, 6.45) is 8.13. The lowest BCUT2D eigenvalue weighted by Crippen LogP contribution is -2.24. The number of nitrogens with zero attached hydrogens (tertiary/aromatic N) is 2. The molecule has 1 heterocycles. The van der Waals surface area contributed by atoms with Crippen molar-refractivity contribution in [3.8, 4) is 0 Å². The van der Waals surface area contributed by atoms with E-state index in [1.165, 1.54) is 0 Å². The van der Waals surface area contributed by atoms with Gasteiger partial charge in [-0.2, -0.15) is 0 Å². The highest BCUT2D eigenvalue weighted by atomic mass is 16.1. The third kappa shape index (κ3) is 3.86. The summed E-state index contributed by atoms with van der Waals surface area (Å²) >= 11 is 0. The number of hydrogen-bond acceptors (Lipinski definition) is 3. The van der Waals surface area contributed by atoms with E-state index >= 15 is 0 Å². The van der Waals surface area contributed by atoms with Gasteiger partial charge < -0.3 is 15.6 Å². The van der Waals surface area contributed by atoms with Gasteiger partial charge in [0, 0.05) is 25.8 Å². The Hall–Kier alpha value is -1.62. The Morgan fingerprint density at radius 2 is 2.50 bits per heavy atom. The molecule has 0 radical (unpaired) electrons. The molecular formula is C11H18N4O. The van der Waals surface area contributed by atoms with Crippen LogP contribution in [0.25, 0.3) is 0 Å². The van der Waals surface area contributed by atoms with Crippen molar-refractivity contribution in [3.05, 3.63) is 30.4 Å². The Morgan fingerprint density at radius 3 is 3.19 bits per heavy atom. The van der Waals surface area contributed by atoms with Gasteiger partial charge in [-0.3, -0.25) is 4.79 Å². The minimum Gasteiger partial charge on any atom is -0.350 e. The van der Waals surface area contributed by atoms with Gasteiger partial charge in [-0.1, -0.05) is 12.2 Å². The predicted octanol–water partition coefficient (Wildman–Crippen LogP) is 0.538. The highest BCUT2D eigenvalue weighted by Gasteiger charge is 2.07. The zero-order valence-corrected chi connectivity index (χ0v) is 9.52. The molecule has 1 amide bonds. The summed E-state index contributed by atoms with van der Waals surface area (Å²) in [5.74, 6) is -0.139. The van der Waals surface area contributed by atoms with Crippen molar-refractivity contribution in [2.45, 2.75) is 19.9 Å². The molecule has 1 aromatic heterocycles. The minimum atomic E-state index is -0.139. The van der Waals surface area contributed by atoms with Gasteiger partial charge in [-0.15, -0.1) is 0 Å². The van der Waals surface area contributed by atoms with E-state index in [1.54, 1.807) is 17.1 Å². The van der Waals surface area contributed by atoms with Crippen LogP contribution in [-0.4, -0.2) is 28.5 Å². The Labute approximate surface area is 95.4 Å². The standard InChI is InChI=1S/C11H18N4O/c1-2-3-4-6-13-11(16)10-8-15(7-5-12)9-14-10/h2-3,8-9H,4-7,12H2,1H3,(H,13,16)/b3-2+. The SMILES string of the molecule is C/C=C/CCNC(=O)c1cn(CCN)cn1. The number of carbonyl (C=O) groups is 1. The van der Waals surface area contributed by atoms with Gasteiger partial charge in [0.2, 0.25) is 0 Å². The largest absolute Gasteiger partial charge is 0.350 e. The second-order valence-electron chi connectivity index (χ2n) is 3.40. The molecular weight excluding hydrogens is 204 g/mol. The van der Waals surface area contributed by atoms with Crippen molar-refractivity contribution in [2.24, 2.45) is 5.73 Å². The monoisotopic (exact) mass is 222 g/mol. The van der Waals surface area contributed by atoms with Crippen LogP contribution < -0.4 is 11.1 Å². The molecule has 0 saturated carbocycles. The smallest absolute Gasteiger partial charge is 0.271 e. The molecule has 1 rings (SSSR count). The molecule has 0 bridgehead atoms. The molecule has 3 N–H and O–H groups in total. The quantitative estimate of drug-likeness (QED) is 0.545. The summed E-state index contributed by atoms with van der Waals surface area (Å²) in [6, 6.07) is 0. The maximum atomic E-state index is 11.6. The predicted molar refractivity (Wildman–Crippen MR) is 63.0 cm³/mol. The Morgan fingerprint density at radius 1 is 1.69 bits per heavy atom. The second-order valence-corrected chi connectivity index (χ2v) is 3.40. The normalized spacial score (nSPS) is 10.9. The van der Waals surface area contributed by atoms with Crippen LogP contribution in [0.5, 0.6) is 0 Å². The molecule has 0 aliphatic rings. The summed E-state index contributed by atoms with van der Waals surface area (Å²) in [6.45, 7) is 3.81. The molecule has 0 aliphatic carbocycles. The summed E-state index contributed by atoms with van der Waals surface area (Å²) < 4.78 is 1.81. The first kappa shape index (κ1) is 12.4. The molecule has 5 heteroatoms. The van der Waals surface area contributed by atoms with Crippen molar-refractivity contribution in [1.82, 2.24) is 14.9 Å². The number of allylic oxidation sites excluding steroid dienone is 1. The lowest BCUT2D eigenvalue weighted by molar-refractivity contribution is 0.0950. The van der Waals surface area contributed by atoms with Gasteiger partial charge in [0.15, 0.2) is 0 Å². The number of hydrogen-bond donors (Lipinski definition) is 2. The fraction of sp³-hybridized carbons (Fsp3) is 0.455. The maximum absolute atomic E-state index is 11.6. The van der Waals surface area contributed by atoms with E-state index in [1.807, 2.05) is 19.1 Å². The van der Waals surface area contributed by atoms with Crippen molar-refractivity contribution in [3.63, 3.8) is 0 Å². The summed E-state index contributed by atoms with van der Waals surface area (Å²) in [7, 11) is 0. The average molecular weight is 222 g/mol. The molecule has 0 aromatic carbocycles. The Balaban J connectivity index is 2.40. The van der Waals surface area contributed by atoms with Crippen molar-refractivity contribution in [1.29, 1.82) is 0 Å². The fourth-order valence-electron chi connectivity index (χ4n) is 1.27. The van der Waals surface area contributed by atoms with Gasteiger partial charge in [-0.25, -0.2) is 4.98 Å². The van der Waals surface area contributed by atoms with Gasteiger partial charge in [0.05, 0.1) is 6.33 Å². The zero-order valence-electron chi connectivity index (χ0n) is 9.52. The van der Waals surface area contributed by atoms with Gasteiger partial charge >= 0.3 is 0 Å². The van der Waals surface area contributed by atoms with Gasteiger partial charge in [0.25, 0.3) is 5.91 Å². The van der Waals surface area contributed by atoms with E-state index in [4.69, 9.17) is 5.73 Å². The van der Waals surface area contributed by atoms with Gasteiger partial charge in [-0.05, 0) is 13.3 Å². The molecule has 1 aromatic rings. The number of carbonyl (C=O) groups excluding carboxylic acids is 1. The van der Waals surface area contributed by atoms with E-state index in [0.717, 1.165) is 6.42 Å². The highest BCUT2D eigenvalue weighted by molar-refractivity contribution is 5.91. The summed E-state index contributed by atoms with van der Waals surface area (Å²) in [5.41, 5.74) is 5.84. The van der Waals surface area contributed by atoms with E-state index in [9.17, 15) is 4.79 Å². The molecule has 0 saturated heterocycles. The van der Waals surface area contributed by atoms with Crippen LogP contribution in [-0.2, 0) is 6.54 Å². The van der Waals surface area contributed by atoms with Crippen molar-refractivity contribution < 1.29 is 4.79 Å². The van der Waals surface area contributed by atoms with Gasteiger partial charge in [0.1, 0.15) is 5.69 Å². The molecule has 0 spiro atoms. The molecule has 16 heavy (non-hydrogen) atoms. The molecule has 0 fully saturated rings. The average Bonchev–Trinajstić information content (AvgIpc) is 2.73. The van der Waals surface area contributed by atoms with E-state index < -0.39 is 0 Å². The maximum Gasteiger partial charge on any atom is 0.271 e. The van der Waals surface area contributed by atoms with Crippen molar-refractivity contribution in [2.75, 3.05) is 13.1 Å². The van der Waals surface area contributed by atoms with Crippen molar-refractivity contribution >= 4 is 5.91 Å². The van der Waals surface area contributed by atoms with Crippen LogP contribution >= 0.6 is 0 Å². The fourth-order valence-corrected chi connectivity index (χ4v) is 1.27. The third-order valence-corrected chi connectivity index (χ3v) is 2.09. The van der Waals surface area contributed by atoms with Crippen LogP contribution in [0.4, 0.5) is 0 Å². The number of nitrogens with two attached hydrogens (primary N) is 1. The Kier molecular flexibility index (Phi) is 5.28. The minimum absolute atomic E-state index is 0.139. The lowest BCUT2D eigenvalue weighted by Gasteiger charge is -1.99. The lowest BCUT2D eigenvalue weighted by atomic mass is 10.3. The van der Waals surface area contributed by atoms with Crippen LogP contribution in [0.15, 0.2) is 24.7 Å².